The van der Waals surface area contributed by atoms with Crippen LogP contribution in [0.3, 0.4) is 0 Å². The number of benzene rings is 8. The van der Waals surface area contributed by atoms with Crippen LogP contribution in [0.5, 0.6) is 0 Å². The van der Waals surface area contributed by atoms with Gasteiger partial charge in [-0.05, 0) is 100 Å². The van der Waals surface area contributed by atoms with E-state index >= 15 is 0 Å². The molecular weight excluding hydrogens is 687 g/mol. The van der Waals surface area contributed by atoms with Gasteiger partial charge in [0, 0.05) is 59.0 Å². The normalized spacial score (nSPS) is 13.1. The maximum absolute atomic E-state index is 6.86. The van der Waals surface area contributed by atoms with Gasteiger partial charge >= 0.3 is 0 Å². The number of hydrogen-bond acceptors (Lipinski definition) is 3. The van der Waals surface area contributed by atoms with Crippen molar-refractivity contribution >= 4 is 70.5 Å². The lowest BCUT2D eigenvalue weighted by Gasteiger charge is -2.27. The van der Waals surface area contributed by atoms with Crippen molar-refractivity contribution in [1.29, 1.82) is 0 Å². The molecule has 10 aromatic rings. The summed E-state index contributed by atoms with van der Waals surface area (Å²) >= 11 is 1.85. The number of rotatable bonds is 5. The molecule has 11 rings (SSSR count). The summed E-state index contributed by atoms with van der Waals surface area (Å²) in [7, 11) is 0. The van der Waals surface area contributed by atoms with E-state index < -0.39 is 0 Å². The minimum absolute atomic E-state index is 0.0753. The summed E-state index contributed by atoms with van der Waals surface area (Å²) in [5, 5.41) is 4.92. The number of furan rings is 1. The Morgan fingerprint density at radius 1 is 0.491 bits per heavy atom. The number of para-hydroxylation sites is 1. The van der Waals surface area contributed by atoms with Crippen molar-refractivity contribution in [1.82, 2.24) is 0 Å². The van der Waals surface area contributed by atoms with Crippen LogP contribution in [0, 0.1) is 6.92 Å². The van der Waals surface area contributed by atoms with E-state index in [1.165, 1.54) is 64.5 Å². The zero-order chi connectivity index (χ0) is 36.8. The Bertz CT molecular complexity index is 3160. The van der Waals surface area contributed by atoms with Gasteiger partial charge in [0.25, 0.3) is 0 Å². The van der Waals surface area contributed by atoms with Gasteiger partial charge < -0.3 is 9.32 Å². The van der Waals surface area contributed by atoms with Crippen LogP contribution in [0.25, 0.3) is 75.5 Å². The van der Waals surface area contributed by atoms with Crippen molar-refractivity contribution in [3.05, 3.63) is 187 Å². The van der Waals surface area contributed by atoms with Crippen LogP contribution in [0.4, 0.5) is 17.1 Å². The Labute approximate surface area is 324 Å². The molecular formula is C52H37NOS. The molecule has 0 fully saturated rings. The first kappa shape index (κ1) is 32.0. The monoisotopic (exact) mass is 723 g/mol. The number of aryl methyl sites for hydroxylation is 1. The fourth-order valence-corrected chi connectivity index (χ4v) is 10.2. The SMILES string of the molecule is Cc1cccc(-c2cccc(N(c3cccc(-c4cccc5c4oc4ccc6c(c45)-c4ccccc4C6(C)C)c3)c3ccc4sc5ccccc5c4c3)c2)c1. The molecule has 0 atom stereocenters. The van der Waals surface area contributed by atoms with E-state index in [4.69, 9.17) is 4.42 Å². The Morgan fingerprint density at radius 2 is 1.15 bits per heavy atom. The summed E-state index contributed by atoms with van der Waals surface area (Å²) in [6.45, 7) is 6.83. The third-order valence-electron chi connectivity index (χ3n) is 11.7. The lowest BCUT2D eigenvalue weighted by molar-refractivity contribution is 0.657. The topological polar surface area (TPSA) is 16.4 Å². The molecule has 1 aliphatic carbocycles. The number of nitrogens with zero attached hydrogens (tertiary/aromatic N) is 1. The highest BCUT2D eigenvalue weighted by Gasteiger charge is 2.37. The van der Waals surface area contributed by atoms with Crippen LogP contribution in [0.15, 0.2) is 174 Å². The van der Waals surface area contributed by atoms with Crippen molar-refractivity contribution in [2.75, 3.05) is 4.90 Å². The number of thiophene rings is 1. The van der Waals surface area contributed by atoms with Crippen LogP contribution in [-0.2, 0) is 5.41 Å². The van der Waals surface area contributed by atoms with E-state index in [0.29, 0.717) is 0 Å². The van der Waals surface area contributed by atoms with Crippen LogP contribution >= 0.6 is 11.3 Å². The number of fused-ring (bicyclic) bond motifs is 10. The molecule has 262 valence electrons. The summed E-state index contributed by atoms with van der Waals surface area (Å²) < 4.78 is 9.46. The summed E-state index contributed by atoms with van der Waals surface area (Å²) in [4.78, 5) is 2.40. The summed E-state index contributed by atoms with van der Waals surface area (Å²) in [5.74, 6) is 0. The third kappa shape index (κ3) is 4.93. The first-order chi connectivity index (χ1) is 26.9. The van der Waals surface area contributed by atoms with Crippen molar-refractivity contribution < 1.29 is 4.42 Å². The second kappa shape index (κ2) is 12.0. The highest BCUT2D eigenvalue weighted by Crippen LogP contribution is 2.53. The second-order valence-corrected chi connectivity index (χ2v) is 16.5. The van der Waals surface area contributed by atoms with E-state index in [2.05, 4.69) is 196 Å². The standard InChI is InChI=1S/C52H37NOS/c1-32-12-8-13-33(28-32)34-14-9-16-36(29-34)53(38-24-27-48-43(31-38)40-18-5-7-23-47(40)55-48)37-17-10-15-35(30-37)39-20-11-21-42-50-46(54-51(39)42)26-25-45-49(50)41-19-4-6-22-44(41)52(45,2)3/h4-31H,1-3H3. The zero-order valence-electron chi connectivity index (χ0n) is 30.9. The molecule has 0 saturated heterocycles. The predicted molar refractivity (Wildman–Crippen MR) is 234 cm³/mol. The summed E-state index contributed by atoms with van der Waals surface area (Å²) in [5.41, 5.74) is 16.3. The second-order valence-electron chi connectivity index (χ2n) is 15.4. The van der Waals surface area contributed by atoms with Gasteiger partial charge in [0.15, 0.2) is 0 Å². The predicted octanol–water partition coefficient (Wildman–Crippen LogP) is 15.4. The van der Waals surface area contributed by atoms with Crippen molar-refractivity contribution in [2.24, 2.45) is 0 Å². The van der Waals surface area contributed by atoms with Crippen molar-refractivity contribution in [3.8, 4) is 33.4 Å². The minimum Gasteiger partial charge on any atom is -0.455 e. The molecule has 2 nitrogen and oxygen atoms in total. The molecule has 2 heterocycles. The zero-order valence-corrected chi connectivity index (χ0v) is 31.7. The Hall–Kier alpha value is -6.42. The molecule has 0 aliphatic heterocycles. The number of anilines is 3. The maximum Gasteiger partial charge on any atom is 0.143 e. The van der Waals surface area contributed by atoms with E-state index in [0.717, 1.165) is 44.7 Å². The largest absolute Gasteiger partial charge is 0.455 e. The third-order valence-corrected chi connectivity index (χ3v) is 12.8. The fraction of sp³-hybridized carbons (Fsp3) is 0.0769. The molecule has 3 heteroatoms. The number of hydrogen-bond donors (Lipinski definition) is 0. The van der Waals surface area contributed by atoms with Crippen LogP contribution < -0.4 is 4.90 Å². The molecule has 55 heavy (non-hydrogen) atoms. The van der Waals surface area contributed by atoms with Gasteiger partial charge in [-0.3, -0.25) is 0 Å². The van der Waals surface area contributed by atoms with Gasteiger partial charge in [-0.2, -0.15) is 0 Å². The molecule has 8 aromatic carbocycles. The molecule has 0 N–H and O–H groups in total. The van der Waals surface area contributed by atoms with E-state index in [9.17, 15) is 0 Å². The molecule has 0 unspecified atom stereocenters. The Kier molecular flexibility index (Phi) is 7.02. The fourth-order valence-electron chi connectivity index (χ4n) is 9.07. The first-order valence-corrected chi connectivity index (χ1v) is 19.8. The van der Waals surface area contributed by atoms with E-state index in [1.54, 1.807) is 0 Å². The smallest absolute Gasteiger partial charge is 0.143 e. The van der Waals surface area contributed by atoms with Gasteiger partial charge in [0.1, 0.15) is 11.2 Å². The molecule has 0 spiro atoms. The average Bonchev–Trinajstić information content (AvgIpc) is 3.86. The van der Waals surface area contributed by atoms with Gasteiger partial charge in [0.2, 0.25) is 0 Å². The first-order valence-electron chi connectivity index (χ1n) is 19.0. The molecule has 2 aromatic heterocycles. The summed E-state index contributed by atoms with van der Waals surface area (Å²) in [6.07, 6.45) is 0. The van der Waals surface area contributed by atoms with Crippen LogP contribution in [-0.4, -0.2) is 0 Å². The highest BCUT2D eigenvalue weighted by atomic mass is 32.1. The maximum atomic E-state index is 6.86. The van der Waals surface area contributed by atoms with E-state index in [-0.39, 0.29) is 5.41 Å². The van der Waals surface area contributed by atoms with Crippen LogP contribution in [0.2, 0.25) is 0 Å². The molecule has 0 radical (unpaired) electrons. The van der Waals surface area contributed by atoms with Crippen LogP contribution in [0.1, 0.15) is 30.5 Å². The van der Waals surface area contributed by atoms with Crippen molar-refractivity contribution in [3.63, 3.8) is 0 Å². The Balaban J connectivity index is 1.10. The lowest BCUT2D eigenvalue weighted by atomic mass is 9.82. The quantitative estimate of drug-likeness (QED) is 0.176. The van der Waals surface area contributed by atoms with Gasteiger partial charge in [-0.25, -0.2) is 0 Å². The summed E-state index contributed by atoms with van der Waals surface area (Å²) in [6, 6.07) is 62.2. The Morgan fingerprint density at radius 3 is 2.00 bits per heavy atom. The van der Waals surface area contributed by atoms with E-state index in [1.807, 2.05) is 11.3 Å². The van der Waals surface area contributed by atoms with Gasteiger partial charge in [-0.15, -0.1) is 11.3 Å². The van der Waals surface area contributed by atoms with Gasteiger partial charge in [-0.1, -0.05) is 135 Å². The van der Waals surface area contributed by atoms with Crippen molar-refractivity contribution in [2.45, 2.75) is 26.2 Å². The highest BCUT2D eigenvalue weighted by molar-refractivity contribution is 7.25. The van der Waals surface area contributed by atoms with Gasteiger partial charge in [0.05, 0.1) is 0 Å². The molecule has 1 aliphatic rings. The molecule has 0 saturated carbocycles. The minimum atomic E-state index is -0.0753. The lowest BCUT2D eigenvalue weighted by Crippen LogP contribution is -2.14. The molecule has 0 bridgehead atoms. The average molecular weight is 724 g/mol. The molecule has 0 amide bonds.